The first kappa shape index (κ1) is 16.7. The van der Waals surface area contributed by atoms with Crippen molar-refractivity contribution in [2.45, 2.75) is 58.3 Å². The molecule has 22 heavy (non-hydrogen) atoms. The monoisotopic (exact) mass is 303 g/mol. The fourth-order valence-corrected chi connectivity index (χ4v) is 3.48. The molecule has 1 fully saturated rings. The summed E-state index contributed by atoms with van der Waals surface area (Å²) in [6.45, 7) is 1.95. The number of hydrogen-bond donors (Lipinski definition) is 0. The van der Waals surface area contributed by atoms with Gasteiger partial charge in [-0.05, 0) is 43.6 Å². The Bertz CT molecular complexity index is 556. The topological polar surface area (TPSA) is 23.8 Å². The van der Waals surface area contributed by atoms with E-state index in [1.165, 1.54) is 6.42 Å². The lowest BCUT2D eigenvalue weighted by Crippen LogP contribution is -2.23. The lowest BCUT2D eigenvalue weighted by Gasteiger charge is -2.35. The number of allylic oxidation sites excluding steroid dienone is 1. The maximum absolute atomic E-state index is 13.4. The van der Waals surface area contributed by atoms with E-state index < -0.39 is 6.08 Å². The molecule has 0 N–H and O–H groups in total. The average molecular weight is 303 g/mol. The summed E-state index contributed by atoms with van der Waals surface area (Å²) in [5.74, 6) is 0. The maximum Gasteiger partial charge on any atom is 0.274 e. The zero-order valence-electron chi connectivity index (χ0n) is 13.2. The third-order valence-corrected chi connectivity index (χ3v) is 4.90. The van der Waals surface area contributed by atoms with Gasteiger partial charge < -0.3 is 0 Å². The summed E-state index contributed by atoms with van der Waals surface area (Å²) in [4.78, 5) is 0. The van der Waals surface area contributed by atoms with Crippen LogP contribution in [0.4, 0.5) is 8.78 Å². The molecule has 0 amide bonds. The third kappa shape index (κ3) is 4.16. The molecule has 1 aliphatic carbocycles. The molecule has 1 saturated carbocycles. The van der Waals surface area contributed by atoms with Crippen LogP contribution in [0.15, 0.2) is 30.3 Å². The molecular formula is C19H23F2N. The number of hydrogen-bond acceptors (Lipinski definition) is 1. The van der Waals surface area contributed by atoms with Gasteiger partial charge in [-0.15, -0.1) is 0 Å². The van der Waals surface area contributed by atoms with Crippen molar-refractivity contribution in [3.8, 4) is 6.07 Å². The van der Waals surface area contributed by atoms with Crippen molar-refractivity contribution in [3.05, 3.63) is 41.5 Å². The van der Waals surface area contributed by atoms with Crippen LogP contribution in [-0.4, -0.2) is 0 Å². The van der Waals surface area contributed by atoms with Crippen molar-refractivity contribution in [3.63, 3.8) is 0 Å². The summed E-state index contributed by atoms with van der Waals surface area (Å²) in [7, 11) is 0. The highest BCUT2D eigenvalue weighted by atomic mass is 19.3. The van der Waals surface area contributed by atoms with E-state index in [-0.39, 0.29) is 11.0 Å². The number of benzene rings is 1. The van der Waals surface area contributed by atoms with E-state index in [9.17, 15) is 8.78 Å². The van der Waals surface area contributed by atoms with E-state index in [1.807, 2.05) is 19.1 Å². The molecule has 2 rings (SSSR count). The van der Waals surface area contributed by atoms with E-state index in [0.717, 1.165) is 31.2 Å². The minimum atomic E-state index is -1.59. The minimum Gasteiger partial charge on any atom is -0.198 e. The van der Waals surface area contributed by atoms with Gasteiger partial charge in [0.2, 0.25) is 0 Å². The Labute approximate surface area is 131 Å². The maximum atomic E-state index is 13.4. The Kier molecular flexibility index (Phi) is 5.71. The minimum absolute atomic E-state index is 0.0571. The lowest BCUT2D eigenvalue weighted by atomic mass is 9.69. The van der Waals surface area contributed by atoms with Crippen molar-refractivity contribution in [2.24, 2.45) is 5.41 Å². The fourth-order valence-electron chi connectivity index (χ4n) is 3.48. The standard InChI is InChI=1S/C19H23F2N/c1-15-5-7-16(8-6-15)17(18(20)21)9-12-19(13-14-22)10-3-2-4-11-19/h5-8H,2-4,9-13H2,1H3. The Morgan fingerprint density at radius 3 is 2.32 bits per heavy atom. The predicted octanol–water partition coefficient (Wildman–Crippen LogP) is 6.25. The van der Waals surface area contributed by atoms with E-state index in [0.29, 0.717) is 24.8 Å². The molecule has 1 aromatic rings. The van der Waals surface area contributed by atoms with Crippen molar-refractivity contribution in [2.75, 3.05) is 0 Å². The molecule has 0 heterocycles. The van der Waals surface area contributed by atoms with Gasteiger partial charge in [0.1, 0.15) is 0 Å². The van der Waals surface area contributed by atoms with Gasteiger partial charge in [-0.3, -0.25) is 0 Å². The highest BCUT2D eigenvalue weighted by Crippen LogP contribution is 2.44. The molecule has 118 valence electrons. The van der Waals surface area contributed by atoms with Crippen LogP contribution in [0, 0.1) is 23.7 Å². The fraction of sp³-hybridized carbons (Fsp3) is 0.526. The zero-order chi connectivity index (χ0) is 16.0. The number of nitrogens with zero attached hydrogens (tertiary/aromatic N) is 1. The van der Waals surface area contributed by atoms with Crippen molar-refractivity contribution in [1.29, 1.82) is 5.26 Å². The quantitative estimate of drug-likeness (QED) is 0.631. The molecule has 0 atom stereocenters. The second-order valence-electron chi connectivity index (χ2n) is 6.50. The summed E-state index contributed by atoms with van der Waals surface area (Å²) < 4.78 is 26.7. The number of nitriles is 1. The van der Waals surface area contributed by atoms with Gasteiger partial charge in [-0.2, -0.15) is 14.0 Å². The summed E-state index contributed by atoms with van der Waals surface area (Å²) in [5.41, 5.74) is 1.75. The van der Waals surface area contributed by atoms with Crippen LogP contribution >= 0.6 is 0 Å². The third-order valence-electron chi connectivity index (χ3n) is 4.90. The molecule has 0 bridgehead atoms. The number of aryl methyl sites for hydroxylation is 1. The Morgan fingerprint density at radius 1 is 1.14 bits per heavy atom. The molecule has 0 radical (unpaired) electrons. The lowest BCUT2D eigenvalue weighted by molar-refractivity contribution is 0.180. The summed E-state index contributed by atoms with van der Waals surface area (Å²) >= 11 is 0. The Morgan fingerprint density at radius 2 is 1.77 bits per heavy atom. The molecule has 0 aromatic heterocycles. The van der Waals surface area contributed by atoms with Crippen molar-refractivity contribution < 1.29 is 8.78 Å². The smallest absolute Gasteiger partial charge is 0.198 e. The SMILES string of the molecule is Cc1ccc(C(CCC2(CC#N)CCCCC2)=C(F)F)cc1. The van der Waals surface area contributed by atoms with Gasteiger partial charge in [0.05, 0.1) is 6.07 Å². The molecule has 0 saturated heterocycles. The first-order valence-electron chi connectivity index (χ1n) is 8.04. The second-order valence-corrected chi connectivity index (χ2v) is 6.50. The molecule has 1 aliphatic rings. The molecule has 1 aromatic carbocycles. The van der Waals surface area contributed by atoms with Crippen LogP contribution in [0.2, 0.25) is 0 Å². The van der Waals surface area contributed by atoms with Crippen molar-refractivity contribution in [1.82, 2.24) is 0 Å². The first-order chi connectivity index (χ1) is 10.6. The van der Waals surface area contributed by atoms with E-state index in [2.05, 4.69) is 6.07 Å². The van der Waals surface area contributed by atoms with Crippen LogP contribution in [-0.2, 0) is 0 Å². The normalized spacial score (nSPS) is 16.8. The molecule has 0 spiro atoms. The molecular weight excluding hydrogens is 280 g/mol. The summed E-state index contributed by atoms with van der Waals surface area (Å²) in [6, 6.07) is 9.54. The van der Waals surface area contributed by atoms with Crippen LogP contribution in [0.25, 0.3) is 5.57 Å². The van der Waals surface area contributed by atoms with Gasteiger partial charge in [0.25, 0.3) is 6.08 Å². The largest absolute Gasteiger partial charge is 0.274 e. The molecule has 0 unspecified atom stereocenters. The van der Waals surface area contributed by atoms with E-state index >= 15 is 0 Å². The predicted molar refractivity (Wildman–Crippen MR) is 85.3 cm³/mol. The van der Waals surface area contributed by atoms with Crippen LogP contribution in [0.1, 0.15) is 62.5 Å². The highest BCUT2D eigenvalue weighted by Gasteiger charge is 2.32. The molecule has 0 aliphatic heterocycles. The van der Waals surface area contributed by atoms with E-state index in [1.54, 1.807) is 12.1 Å². The van der Waals surface area contributed by atoms with Gasteiger partial charge in [-0.1, -0.05) is 49.1 Å². The summed E-state index contributed by atoms with van der Waals surface area (Å²) in [5, 5.41) is 9.10. The van der Waals surface area contributed by atoms with Crippen LogP contribution < -0.4 is 0 Å². The molecule has 3 heteroatoms. The number of rotatable bonds is 5. The first-order valence-corrected chi connectivity index (χ1v) is 8.04. The second kappa shape index (κ2) is 7.54. The highest BCUT2D eigenvalue weighted by molar-refractivity contribution is 5.66. The van der Waals surface area contributed by atoms with Gasteiger partial charge in [-0.25, -0.2) is 0 Å². The van der Waals surface area contributed by atoms with Gasteiger partial charge in [0.15, 0.2) is 0 Å². The van der Waals surface area contributed by atoms with Crippen LogP contribution in [0.3, 0.4) is 0 Å². The Hall–Kier alpha value is -1.69. The summed E-state index contributed by atoms with van der Waals surface area (Å²) in [6.07, 6.45) is 5.35. The van der Waals surface area contributed by atoms with E-state index in [4.69, 9.17) is 5.26 Å². The average Bonchev–Trinajstić information content (AvgIpc) is 2.50. The molecule has 1 nitrogen and oxygen atoms in total. The van der Waals surface area contributed by atoms with Gasteiger partial charge in [0, 0.05) is 12.0 Å². The zero-order valence-corrected chi connectivity index (χ0v) is 13.2. The Balaban J connectivity index is 2.13. The van der Waals surface area contributed by atoms with Crippen LogP contribution in [0.5, 0.6) is 0 Å². The van der Waals surface area contributed by atoms with Gasteiger partial charge >= 0.3 is 0 Å². The van der Waals surface area contributed by atoms with Crippen molar-refractivity contribution >= 4 is 5.57 Å². The number of halogens is 2.